The van der Waals surface area contributed by atoms with Gasteiger partial charge in [0.2, 0.25) is 5.91 Å². The first-order valence-corrected chi connectivity index (χ1v) is 6.58. The normalized spacial score (nSPS) is 11.5. The number of hydrogen-bond acceptors (Lipinski definition) is 1. The van der Waals surface area contributed by atoms with E-state index in [4.69, 9.17) is 0 Å². The molecule has 0 heterocycles. The van der Waals surface area contributed by atoms with E-state index in [1.165, 1.54) is 0 Å². The van der Waals surface area contributed by atoms with Gasteiger partial charge in [-0.1, -0.05) is 48.6 Å². The third-order valence-corrected chi connectivity index (χ3v) is 2.82. The Balaban J connectivity index is 2.63. The van der Waals surface area contributed by atoms with Crippen LogP contribution in [0, 0.1) is 0 Å². The predicted octanol–water partition coefficient (Wildman–Crippen LogP) is 3.90. The van der Waals surface area contributed by atoms with Crippen molar-refractivity contribution in [2.45, 2.75) is 32.7 Å². The lowest BCUT2D eigenvalue weighted by atomic mass is 10.1. The molecule has 1 aromatic rings. The fourth-order valence-electron chi connectivity index (χ4n) is 1.85. The molecule has 0 radical (unpaired) electrons. The first kappa shape index (κ1) is 15.2. The van der Waals surface area contributed by atoms with Gasteiger partial charge in [-0.3, -0.25) is 4.79 Å². The van der Waals surface area contributed by atoms with Gasteiger partial charge in [-0.15, -0.1) is 6.58 Å². The minimum atomic E-state index is -0.175. The lowest BCUT2D eigenvalue weighted by Crippen LogP contribution is -2.45. The summed E-state index contributed by atoms with van der Waals surface area (Å²) in [4.78, 5) is 14.0. The molecule has 0 aliphatic rings. The molecule has 102 valence electrons. The Labute approximate surface area is 116 Å². The second-order valence-corrected chi connectivity index (χ2v) is 5.48. The van der Waals surface area contributed by atoms with Gasteiger partial charge >= 0.3 is 0 Å². The van der Waals surface area contributed by atoms with E-state index >= 15 is 0 Å². The third kappa shape index (κ3) is 5.12. The molecular weight excluding hydrogens is 234 g/mol. The van der Waals surface area contributed by atoms with Crippen LogP contribution in [0.1, 0.15) is 32.8 Å². The number of hydrogen-bond donors (Lipinski definition) is 0. The van der Waals surface area contributed by atoms with Crippen LogP contribution in [0.15, 0.2) is 49.1 Å². The molecule has 0 spiro atoms. The van der Waals surface area contributed by atoms with Crippen LogP contribution in [-0.2, 0) is 4.79 Å². The minimum absolute atomic E-state index is 0.125. The van der Waals surface area contributed by atoms with E-state index in [9.17, 15) is 4.79 Å². The zero-order valence-corrected chi connectivity index (χ0v) is 12.1. The van der Waals surface area contributed by atoms with Crippen molar-refractivity contribution >= 4 is 12.0 Å². The average Bonchev–Trinajstić information content (AvgIpc) is 2.35. The van der Waals surface area contributed by atoms with Crippen molar-refractivity contribution in [1.82, 2.24) is 4.90 Å². The van der Waals surface area contributed by atoms with Crippen LogP contribution in [0.2, 0.25) is 0 Å². The smallest absolute Gasteiger partial charge is 0.227 e. The maximum Gasteiger partial charge on any atom is 0.227 e. The highest BCUT2D eigenvalue weighted by molar-refractivity contribution is 5.79. The summed E-state index contributed by atoms with van der Waals surface area (Å²) in [5.41, 5.74) is 0.938. The van der Waals surface area contributed by atoms with Gasteiger partial charge in [0.1, 0.15) is 0 Å². The maximum absolute atomic E-state index is 12.2. The molecule has 19 heavy (non-hydrogen) atoms. The zero-order valence-electron chi connectivity index (χ0n) is 12.1. The summed E-state index contributed by atoms with van der Waals surface area (Å²) in [6, 6.07) is 9.99. The van der Waals surface area contributed by atoms with Crippen LogP contribution in [0.3, 0.4) is 0 Å². The van der Waals surface area contributed by atoms with Gasteiger partial charge in [-0.25, -0.2) is 0 Å². The largest absolute Gasteiger partial charge is 0.334 e. The predicted molar refractivity (Wildman–Crippen MR) is 81.8 cm³/mol. The van der Waals surface area contributed by atoms with Gasteiger partial charge in [-0.05, 0) is 26.3 Å². The van der Waals surface area contributed by atoms with Crippen molar-refractivity contribution < 1.29 is 4.79 Å². The molecule has 0 unspecified atom stereocenters. The van der Waals surface area contributed by atoms with Crippen LogP contribution < -0.4 is 0 Å². The first-order chi connectivity index (χ1) is 8.95. The summed E-state index contributed by atoms with van der Waals surface area (Å²) in [5.74, 6) is 0.125. The van der Waals surface area contributed by atoms with Gasteiger partial charge in [-0.2, -0.15) is 0 Å². The standard InChI is InChI=1S/C17H23NO/c1-5-14-18(17(2,3)4)16(19)13-9-12-15-10-7-6-8-11-15/h5-12H,1,13-14H2,2-4H3/b12-9+. The highest BCUT2D eigenvalue weighted by Gasteiger charge is 2.23. The van der Waals surface area contributed by atoms with Crippen molar-refractivity contribution in [2.24, 2.45) is 0 Å². The van der Waals surface area contributed by atoms with Gasteiger partial charge in [0, 0.05) is 18.5 Å². The Bertz CT molecular complexity index is 440. The van der Waals surface area contributed by atoms with Crippen LogP contribution in [0.4, 0.5) is 0 Å². The monoisotopic (exact) mass is 257 g/mol. The molecule has 0 saturated heterocycles. The highest BCUT2D eigenvalue weighted by Crippen LogP contribution is 2.15. The number of nitrogens with zero attached hydrogens (tertiary/aromatic N) is 1. The van der Waals surface area contributed by atoms with E-state index in [-0.39, 0.29) is 11.4 Å². The summed E-state index contributed by atoms with van der Waals surface area (Å²) in [5, 5.41) is 0. The average molecular weight is 257 g/mol. The number of rotatable bonds is 5. The van der Waals surface area contributed by atoms with Crippen LogP contribution in [0.5, 0.6) is 0 Å². The minimum Gasteiger partial charge on any atom is -0.334 e. The lowest BCUT2D eigenvalue weighted by molar-refractivity contribution is -0.134. The lowest BCUT2D eigenvalue weighted by Gasteiger charge is -2.34. The highest BCUT2D eigenvalue weighted by atomic mass is 16.2. The topological polar surface area (TPSA) is 20.3 Å². The summed E-state index contributed by atoms with van der Waals surface area (Å²) < 4.78 is 0. The molecule has 2 heteroatoms. The fourth-order valence-corrected chi connectivity index (χ4v) is 1.85. The Kier molecular flexibility index (Phi) is 5.56. The Morgan fingerprint density at radius 1 is 1.26 bits per heavy atom. The van der Waals surface area contributed by atoms with Gasteiger partial charge in [0.15, 0.2) is 0 Å². The van der Waals surface area contributed by atoms with Crippen molar-refractivity contribution in [3.05, 3.63) is 54.6 Å². The van der Waals surface area contributed by atoms with E-state index in [1.807, 2.05) is 68.2 Å². The second-order valence-electron chi connectivity index (χ2n) is 5.48. The number of benzene rings is 1. The molecule has 0 aliphatic carbocycles. The molecular formula is C17H23NO. The summed E-state index contributed by atoms with van der Waals surface area (Å²) >= 11 is 0. The maximum atomic E-state index is 12.2. The summed E-state index contributed by atoms with van der Waals surface area (Å²) in [6.45, 7) is 10.4. The van der Waals surface area contributed by atoms with Gasteiger partial charge < -0.3 is 4.90 Å². The molecule has 0 atom stereocenters. The molecule has 1 rings (SSSR count). The molecule has 0 saturated carbocycles. The molecule has 0 aliphatic heterocycles. The molecule has 0 aromatic heterocycles. The summed E-state index contributed by atoms with van der Waals surface area (Å²) in [7, 11) is 0. The van der Waals surface area contributed by atoms with Crippen molar-refractivity contribution in [2.75, 3.05) is 6.54 Å². The van der Waals surface area contributed by atoms with Crippen LogP contribution in [-0.4, -0.2) is 22.9 Å². The van der Waals surface area contributed by atoms with E-state index in [2.05, 4.69) is 6.58 Å². The van der Waals surface area contributed by atoms with E-state index < -0.39 is 0 Å². The molecule has 2 nitrogen and oxygen atoms in total. The first-order valence-electron chi connectivity index (χ1n) is 6.58. The van der Waals surface area contributed by atoms with Crippen molar-refractivity contribution in [3.63, 3.8) is 0 Å². The SMILES string of the molecule is C=CCN(C(=O)C/C=C/c1ccccc1)C(C)(C)C. The van der Waals surface area contributed by atoms with Gasteiger partial charge in [0.25, 0.3) is 0 Å². The van der Waals surface area contributed by atoms with E-state index in [0.717, 1.165) is 5.56 Å². The van der Waals surface area contributed by atoms with Crippen molar-refractivity contribution in [1.29, 1.82) is 0 Å². The van der Waals surface area contributed by atoms with Crippen LogP contribution in [0.25, 0.3) is 6.08 Å². The molecule has 0 N–H and O–H groups in total. The third-order valence-electron chi connectivity index (χ3n) is 2.82. The zero-order chi connectivity index (χ0) is 14.3. The Morgan fingerprint density at radius 2 is 1.89 bits per heavy atom. The van der Waals surface area contributed by atoms with Gasteiger partial charge in [0.05, 0.1) is 0 Å². The quantitative estimate of drug-likeness (QED) is 0.732. The summed E-state index contributed by atoms with van der Waals surface area (Å²) in [6.07, 6.45) is 6.08. The fraction of sp³-hybridized carbons (Fsp3) is 0.353. The molecule has 0 bridgehead atoms. The van der Waals surface area contributed by atoms with E-state index in [1.54, 1.807) is 6.08 Å². The molecule has 0 fully saturated rings. The number of carbonyl (C=O) groups excluding carboxylic acids is 1. The number of carbonyl (C=O) groups is 1. The Morgan fingerprint density at radius 3 is 2.42 bits per heavy atom. The second kappa shape index (κ2) is 6.93. The molecule has 1 aromatic carbocycles. The Hall–Kier alpha value is -1.83. The van der Waals surface area contributed by atoms with Crippen LogP contribution >= 0.6 is 0 Å². The number of amides is 1. The molecule has 1 amide bonds. The van der Waals surface area contributed by atoms with Crippen molar-refractivity contribution in [3.8, 4) is 0 Å². The van der Waals surface area contributed by atoms with E-state index in [0.29, 0.717) is 13.0 Å².